The Bertz CT molecular complexity index is 306. The van der Waals surface area contributed by atoms with E-state index in [1.807, 2.05) is 0 Å². The Morgan fingerprint density at radius 2 is 1.94 bits per heavy atom. The monoisotopic (exact) mass is 249 g/mol. The number of carboxylic acids is 1. The van der Waals surface area contributed by atoms with Gasteiger partial charge in [-0.3, -0.25) is 0 Å². The topological polar surface area (TPSA) is 75.6 Å². The first-order chi connectivity index (χ1) is 7.11. The van der Waals surface area contributed by atoms with Crippen LogP contribution in [0.5, 0.6) is 0 Å². The molecule has 16 heavy (non-hydrogen) atoms. The number of carbonyl (C=O) groups is 2. The van der Waals surface area contributed by atoms with E-state index in [-0.39, 0.29) is 5.03 Å². The number of nitrogens with one attached hydrogen (secondary N) is 1. The summed E-state index contributed by atoms with van der Waals surface area (Å²) in [6, 6.07) is -0.515. The molecule has 0 saturated carbocycles. The molecule has 0 rings (SSSR count). The summed E-state index contributed by atoms with van der Waals surface area (Å²) in [4.78, 5) is 21.7. The molecule has 0 fully saturated rings. The molecule has 0 aliphatic carbocycles. The van der Waals surface area contributed by atoms with Crippen LogP contribution in [0.2, 0.25) is 0 Å². The Labute approximate surface area is 99.4 Å². The molecule has 0 aromatic carbocycles. The minimum absolute atomic E-state index is 0.344. The second kappa shape index (κ2) is 5.75. The molecule has 92 valence electrons. The quantitative estimate of drug-likeness (QED) is 0.751. The van der Waals surface area contributed by atoms with Gasteiger partial charge in [-0.25, -0.2) is 9.59 Å². The minimum atomic E-state index is -1.24. The van der Waals surface area contributed by atoms with Crippen LogP contribution in [0.1, 0.15) is 27.7 Å². The van der Waals surface area contributed by atoms with Crippen LogP contribution < -0.4 is 5.32 Å². The molecule has 0 heterocycles. The summed E-state index contributed by atoms with van der Waals surface area (Å²) in [6.45, 7) is 6.79. The molecule has 0 spiro atoms. The highest BCUT2D eigenvalue weighted by atomic mass is 35.5. The summed E-state index contributed by atoms with van der Waals surface area (Å²) < 4.78 is 4.98. The van der Waals surface area contributed by atoms with E-state index in [1.54, 1.807) is 27.7 Å². The summed E-state index contributed by atoms with van der Waals surface area (Å²) in [7, 11) is 0. The van der Waals surface area contributed by atoms with Crippen molar-refractivity contribution in [3.8, 4) is 0 Å². The first-order valence-corrected chi connectivity index (χ1v) is 5.10. The van der Waals surface area contributed by atoms with E-state index in [0.29, 0.717) is 0 Å². The smallest absolute Gasteiger partial charge is 0.408 e. The molecule has 0 radical (unpaired) electrons. The van der Waals surface area contributed by atoms with Crippen molar-refractivity contribution in [3.05, 3.63) is 11.1 Å². The second-order valence-electron chi connectivity index (χ2n) is 4.25. The van der Waals surface area contributed by atoms with E-state index in [0.717, 1.165) is 0 Å². The van der Waals surface area contributed by atoms with Gasteiger partial charge in [0.05, 0.1) is 0 Å². The summed E-state index contributed by atoms with van der Waals surface area (Å²) in [6.07, 6.45) is 0.597. The van der Waals surface area contributed by atoms with Crippen molar-refractivity contribution in [3.63, 3.8) is 0 Å². The molecule has 5 nitrogen and oxygen atoms in total. The normalized spacial score (nSPS) is 14.2. The maximum absolute atomic E-state index is 11.3. The number of carboxylic acid groups (broad SMARTS) is 1. The number of carbonyl (C=O) groups excluding carboxylic acids is 1. The van der Waals surface area contributed by atoms with Crippen molar-refractivity contribution < 1.29 is 19.4 Å². The molecule has 1 amide bonds. The summed E-state index contributed by atoms with van der Waals surface area (Å²) in [5.41, 5.74) is -0.593. The Balaban J connectivity index is 4.26. The van der Waals surface area contributed by atoms with Crippen molar-refractivity contribution in [2.24, 2.45) is 0 Å². The fourth-order valence-electron chi connectivity index (χ4n) is 0.826. The lowest BCUT2D eigenvalue weighted by atomic mass is 10.2. The fraction of sp³-hybridized carbons (Fsp3) is 0.600. The highest BCUT2D eigenvalue weighted by molar-refractivity contribution is 6.40. The minimum Gasteiger partial charge on any atom is -0.477 e. The van der Waals surface area contributed by atoms with Crippen LogP contribution in [-0.4, -0.2) is 28.8 Å². The molecule has 0 aromatic rings. The van der Waals surface area contributed by atoms with Crippen LogP contribution in [-0.2, 0) is 9.53 Å². The van der Waals surface area contributed by atoms with E-state index in [4.69, 9.17) is 21.4 Å². The lowest BCUT2D eigenvalue weighted by Crippen LogP contribution is -2.37. The number of halogens is 1. The molecule has 0 aliphatic rings. The molecule has 2 N–H and O–H groups in total. The Hall–Kier alpha value is -1.23. The number of hydrogen-bond donors (Lipinski definition) is 2. The summed E-state index contributed by atoms with van der Waals surface area (Å²) in [5, 5.41) is 10.6. The van der Waals surface area contributed by atoms with Gasteiger partial charge in [0.25, 0.3) is 0 Å². The fourth-order valence-corrected chi connectivity index (χ4v) is 1.01. The van der Waals surface area contributed by atoms with Crippen LogP contribution in [0.4, 0.5) is 4.79 Å². The Morgan fingerprint density at radius 1 is 1.44 bits per heavy atom. The number of alkyl carbamates (subject to hydrolysis) is 1. The lowest BCUT2D eigenvalue weighted by Gasteiger charge is -2.21. The highest BCUT2D eigenvalue weighted by Crippen LogP contribution is 2.08. The lowest BCUT2D eigenvalue weighted by molar-refractivity contribution is -0.131. The molecular formula is C10H16ClNO4. The average Bonchev–Trinajstić information content (AvgIpc) is 1.98. The van der Waals surface area contributed by atoms with Gasteiger partial charge in [0.1, 0.15) is 10.6 Å². The van der Waals surface area contributed by atoms with Gasteiger partial charge in [0.2, 0.25) is 0 Å². The summed E-state index contributed by atoms with van der Waals surface area (Å²) >= 11 is 5.40. The van der Waals surface area contributed by atoms with Gasteiger partial charge in [-0.15, -0.1) is 0 Å². The van der Waals surface area contributed by atoms with E-state index in [1.165, 1.54) is 6.08 Å². The molecule has 6 heteroatoms. The zero-order valence-electron chi connectivity index (χ0n) is 9.70. The number of amides is 1. The zero-order valence-corrected chi connectivity index (χ0v) is 10.5. The number of ether oxygens (including phenoxy) is 1. The van der Waals surface area contributed by atoms with Crippen molar-refractivity contribution in [1.29, 1.82) is 0 Å². The van der Waals surface area contributed by atoms with Crippen molar-refractivity contribution >= 4 is 23.7 Å². The van der Waals surface area contributed by atoms with Crippen LogP contribution >= 0.6 is 11.6 Å². The van der Waals surface area contributed by atoms with Gasteiger partial charge in [0.15, 0.2) is 0 Å². The van der Waals surface area contributed by atoms with Gasteiger partial charge in [0, 0.05) is 6.04 Å². The number of aliphatic carboxylic acids is 1. The van der Waals surface area contributed by atoms with E-state index < -0.39 is 23.7 Å². The van der Waals surface area contributed by atoms with Crippen LogP contribution in [0.3, 0.4) is 0 Å². The van der Waals surface area contributed by atoms with Crippen molar-refractivity contribution in [2.45, 2.75) is 39.3 Å². The third kappa shape index (κ3) is 7.11. The molecular weight excluding hydrogens is 234 g/mol. The van der Waals surface area contributed by atoms with Gasteiger partial charge in [-0.1, -0.05) is 11.6 Å². The van der Waals surface area contributed by atoms with E-state index in [2.05, 4.69) is 5.32 Å². The molecule has 1 unspecified atom stereocenters. The van der Waals surface area contributed by atoms with E-state index >= 15 is 0 Å². The number of rotatable bonds is 3. The molecule has 0 saturated heterocycles. The second-order valence-corrected chi connectivity index (χ2v) is 4.66. The van der Waals surface area contributed by atoms with Gasteiger partial charge < -0.3 is 15.2 Å². The van der Waals surface area contributed by atoms with Gasteiger partial charge >= 0.3 is 12.1 Å². The standard InChI is InChI=1S/C10H16ClNO4/c1-6(5-7(11)8(13)14)12-9(15)16-10(2,3)4/h5-6H,1-4H3,(H,12,15)(H,13,14)/b7-5+. The maximum Gasteiger partial charge on any atom is 0.408 e. The predicted molar refractivity (Wildman–Crippen MR) is 60.4 cm³/mol. The van der Waals surface area contributed by atoms with Gasteiger partial charge in [-0.2, -0.15) is 0 Å². The predicted octanol–water partition coefficient (Wildman–Crippen LogP) is 2.11. The first-order valence-electron chi connectivity index (χ1n) is 4.72. The molecule has 0 bridgehead atoms. The van der Waals surface area contributed by atoms with Crippen molar-refractivity contribution in [2.75, 3.05) is 0 Å². The van der Waals surface area contributed by atoms with Gasteiger partial charge in [-0.05, 0) is 33.8 Å². The Kier molecular flexibility index (Phi) is 5.30. The maximum atomic E-state index is 11.3. The Morgan fingerprint density at radius 3 is 2.31 bits per heavy atom. The molecule has 0 aliphatic heterocycles. The van der Waals surface area contributed by atoms with Crippen LogP contribution in [0, 0.1) is 0 Å². The third-order valence-electron chi connectivity index (χ3n) is 1.35. The SMILES string of the molecule is CC(/C=C(/Cl)C(=O)O)NC(=O)OC(C)(C)C. The van der Waals surface area contributed by atoms with Crippen LogP contribution in [0.25, 0.3) is 0 Å². The largest absolute Gasteiger partial charge is 0.477 e. The van der Waals surface area contributed by atoms with Crippen LogP contribution in [0.15, 0.2) is 11.1 Å². The average molecular weight is 250 g/mol. The highest BCUT2D eigenvalue weighted by Gasteiger charge is 2.17. The number of hydrogen-bond acceptors (Lipinski definition) is 3. The van der Waals surface area contributed by atoms with E-state index in [9.17, 15) is 9.59 Å². The first kappa shape index (κ1) is 14.8. The zero-order chi connectivity index (χ0) is 12.9. The molecule has 1 atom stereocenters. The molecule has 0 aromatic heterocycles. The van der Waals surface area contributed by atoms with Crippen molar-refractivity contribution in [1.82, 2.24) is 5.32 Å². The third-order valence-corrected chi connectivity index (χ3v) is 1.63. The summed E-state index contributed by atoms with van der Waals surface area (Å²) in [5.74, 6) is -1.24.